The van der Waals surface area contributed by atoms with Crippen LogP contribution in [0.1, 0.15) is 68.0 Å². The number of primary amides is 1. The van der Waals surface area contributed by atoms with Crippen LogP contribution in [0.2, 0.25) is 0 Å². The highest BCUT2D eigenvalue weighted by Crippen LogP contribution is 2.32. The van der Waals surface area contributed by atoms with Gasteiger partial charge in [0, 0.05) is 23.3 Å². The summed E-state index contributed by atoms with van der Waals surface area (Å²) in [5, 5.41) is 3.20. The van der Waals surface area contributed by atoms with E-state index in [0.29, 0.717) is 16.1 Å². The van der Waals surface area contributed by atoms with Crippen molar-refractivity contribution in [2.45, 2.75) is 52.4 Å². The number of nitrogens with two attached hydrogens (primary N) is 1. The summed E-state index contributed by atoms with van der Waals surface area (Å²) in [5.41, 5.74) is 9.82. The molecule has 0 atom stereocenters. The monoisotopic (exact) mass is 384 g/mol. The maximum atomic E-state index is 12.5. The first-order valence-electron chi connectivity index (χ1n) is 9.21. The molecule has 1 aliphatic carbocycles. The van der Waals surface area contributed by atoms with Gasteiger partial charge in [0.15, 0.2) is 5.78 Å². The predicted octanol–water partition coefficient (Wildman–Crippen LogP) is 3.94. The molecule has 27 heavy (non-hydrogen) atoms. The second-order valence-corrected chi connectivity index (χ2v) is 8.24. The molecule has 0 radical (unpaired) electrons. The number of hydrogen-bond donors (Lipinski definition) is 2. The van der Waals surface area contributed by atoms with E-state index >= 15 is 0 Å². The summed E-state index contributed by atoms with van der Waals surface area (Å²) in [6.45, 7) is 3.68. The van der Waals surface area contributed by atoms with Crippen molar-refractivity contribution in [2.75, 3.05) is 5.32 Å². The zero-order chi connectivity index (χ0) is 19.6. The fourth-order valence-electron chi connectivity index (χ4n) is 3.48. The first kappa shape index (κ1) is 19.3. The third kappa shape index (κ3) is 4.27. The fraction of sp³-hybridized carbons (Fsp3) is 0.381. The molecule has 2 aromatic rings. The van der Waals surface area contributed by atoms with Crippen molar-refractivity contribution in [3.8, 4) is 0 Å². The first-order chi connectivity index (χ1) is 12.9. The fourth-order valence-corrected chi connectivity index (χ4v) is 4.56. The molecule has 5 nitrogen and oxygen atoms in total. The molecule has 1 aromatic heterocycles. The Morgan fingerprint density at radius 1 is 1.07 bits per heavy atom. The second-order valence-electron chi connectivity index (χ2n) is 7.01. The largest absolute Gasteiger partial charge is 0.365 e. The minimum absolute atomic E-state index is 0.0350. The number of rotatable bonds is 6. The minimum Gasteiger partial charge on any atom is -0.365 e. The van der Waals surface area contributed by atoms with Crippen molar-refractivity contribution in [3.63, 3.8) is 0 Å². The third-order valence-electron chi connectivity index (χ3n) is 5.13. The molecule has 6 heteroatoms. The van der Waals surface area contributed by atoms with Gasteiger partial charge < -0.3 is 11.1 Å². The van der Waals surface area contributed by atoms with Crippen molar-refractivity contribution in [2.24, 2.45) is 5.73 Å². The molecule has 0 unspecified atom stereocenters. The van der Waals surface area contributed by atoms with Crippen molar-refractivity contribution in [3.05, 3.63) is 50.9 Å². The molecule has 142 valence electrons. The molecule has 0 fully saturated rings. The van der Waals surface area contributed by atoms with Crippen LogP contribution in [0.3, 0.4) is 0 Å². The Morgan fingerprint density at radius 2 is 1.78 bits per heavy atom. The van der Waals surface area contributed by atoms with E-state index in [-0.39, 0.29) is 24.5 Å². The molecular weight excluding hydrogens is 360 g/mol. The van der Waals surface area contributed by atoms with E-state index in [1.165, 1.54) is 28.9 Å². The maximum Gasteiger partial charge on any atom is 0.251 e. The van der Waals surface area contributed by atoms with Gasteiger partial charge >= 0.3 is 0 Å². The summed E-state index contributed by atoms with van der Waals surface area (Å²) in [5.74, 6) is -0.880. The van der Waals surface area contributed by atoms with E-state index in [1.807, 2.05) is 25.1 Å². The lowest BCUT2D eigenvalue weighted by molar-refractivity contribution is -0.116. The Morgan fingerprint density at radius 3 is 2.48 bits per heavy atom. The molecule has 1 aromatic carbocycles. The van der Waals surface area contributed by atoms with Crippen LogP contribution >= 0.6 is 11.3 Å². The van der Waals surface area contributed by atoms with Gasteiger partial charge in [0.25, 0.3) is 5.91 Å². The molecule has 2 amide bonds. The van der Waals surface area contributed by atoms with Crippen LogP contribution in [0.5, 0.6) is 0 Å². The lowest BCUT2D eigenvalue weighted by Gasteiger charge is -2.16. The SMILES string of the molecule is Cc1sc(NC(=O)CCC(=O)c2ccc3c(c2)CCCC3)c(C(N)=O)c1C. The number of hydrogen-bond acceptors (Lipinski definition) is 4. The van der Waals surface area contributed by atoms with Gasteiger partial charge in [-0.2, -0.15) is 0 Å². The van der Waals surface area contributed by atoms with Crippen LogP contribution in [0.15, 0.2) is 18.2 Å². The Bertz CT molecular complexity index is 914. The smallest absolute Gasteiger partial charge is 0.251 e. The zero-order valence-corrected chi connectivity index (χ0v) is 16.5. The summed E-state index contributed by atoms with van der Waals surface area (Å²) >= 11 is 1.33. The number of fused-ring (bicyclic) bond motifs is 1. The number of benzene rings is 1. The molecule has 0 saturated heterocycles. The maximum absolute atomic E-state index is 12.5. The van der Waals surface area contributed by atoms with E-state index in [1.54, 1.807) is 6.92 Å². The van der Waals surface area contributed by atoms with Gasteiger partial charge in [-0.05, 0) is 62.3 Å². The third-order valence-corrected chi connectivity index (χ3v) is 6.26. The molecule has 1 heterocycles. The van der Waals surface area contributed by atoms with Gasteiger partial charge in [-0.1, -0.05) is 12.1 Å². The van der Waals surface area contributed by atoms with Crippen LogP contribution in [0, 0.1) is 13.8 Å². The number of carbonyl (C=O) groups is 3. The highest BCUT2D eigenvalue weighted by atomic mass is 32.1. The number of ketones is 1. The van der Waals surface area contributed by atoms with Crippen molar-refractivity contribution in [1.82, 2.24) is 0 Å². The van der Waals surface area contributed by atoms with E-state index < -0.39 is 5.91 Å². The van der Waals surface area contributed by atoms with Gasteiger partial charge in [-0.3, -0.25) is 14.4 Å². The van der Waals surface area contributed by atoms with Crippen LogP contribution in [0.4, 0.5) is 5.00 Å². The number of nitrogens with one attached hydrogen (secondary N) is 1. The van der Waals surface area contributed by atoms with Gasteiger partial charge in [0.05, 0.1) is 5.56 Å². The van der Waals surface area contributed by atoms with E-state index in [4.69, 9.17) is 5.73 Å². The molecule has 0 aliphatic heterocycles. The Balaban J connectivity index is 1.62. The predicted molar refractivity (Wildman–Crippen MR) is 108 cm³/mol. The zero-order valence-electron chi connectivity index (χ0n) is 15.7. The lowest BCUT2D eigenvalue weighted by atomic mass is 9.89. The second kappa shape index (κ2) is 8.05. The summed E-state index contributed by atoms with van der Waals surface area (Å²) in [6, 6.07) is 5.88. The summed E-state index contributed by atoms with van der Waals surface area (Å²) in [4.78, 5) is 37.3. The Hall–Kier alpha value is -2.47. The van der Waals surface area contributed by atoms with Crippen LogP contribution in [0.25, 0.3) is 0 Å². The molecule has 3 N–H and O–H groups in total. The molecule has 0 bridgehead atoms. The number of Topliss-reactive ketones (excluding diaryl/α,β-unsaturated/α-hetero) is 1. The summed E-state index contributed by atoms with van der Waals surface area (Å²) < 4.78 is 0. The van der Waals surface area contributed by atoms with Gasteiger partial charge in [0.1, 0.15) is 5.00 Å². The minimum atomic E-state index is -0.558. The number of aryl methyl sites for hydroxylation is 3. The Labute approximate surface area is 163 Å². The topological polar surface area (TPSA) is 89.3 Å². The normalized spacial score (nSPS) is 13.1. The van der Waals surface area contributed by atoms with E-state index in [9.17, 15) is 14.4 Å². The quantitative estimate of drug-likeness (QED) is 0.739. The molecule has 0 spiro atoms. The molecular formula is C21H24N2O3S. The average molecular weight is 385 g/mol. The number of amides is 2. The van der Waals surface area contributed by atoms with Gasteiger partial charge in [-0.25, -0.2) is 0 Å². The lowest BCUT2D eigenvalue weighted by Crippen LogP contribution is -2.18. The van der Waals surface area contributed by atoms with Crippen molar-refractivity contribution in [1.29, 1.82) is 0 Å². The van der Waals surface area contributed by atoms with Crippen molar-refractivity contribution < 1.29 is 14.4 Å². The number of thiophene rings is 1. The summed E-state index contributed by atoms with van der Waals surface area (Å²) in [6.07, 6.45) is 4.67. The standard InChI is InChI=1S/C21H24N2O3S/c1-12-13(2)27-21(19(12)20(22)26)23-18(25)10-9-17(24)16-8-7-14-5-3-4-6-15(14)11-16/h7-8,11H,3-6,9-10H2,1-2H3,(H2,22,26)(H,23,25). The van der Waals surface area contributed by atoms with E-state index in [2.05, 4.69) is 5.32 Å². The first-order valence-corrected chi connectivity index (χ1v) is 10.0. The Kier molecular flexibility index (Phi) is 5.75. The highest BCUT2D eigenvalue weighted by Gasteiger charge is 2.19. The van der Waals surface area contributed by atoms with Gasteiger partial charge in [-0.15, -0.1) is 11.3 Å². The average Bonchev–Trinajstić information content (AvgIpc) is 2.92. The van der Waals surface area contributed by atoms with E-state index in [0.717, 1.165) is 29.7 Å². The van der Waals surface area contributed by atoms with Crippen LogP contribution in [-0.2, 0) is 17.6 Å². The molecule has 1 aliphatic rings. The van der Waals surface area contributed by atoms with Gasteiger partial charge in [0.2, 0.25) is 5.91 Å². The molecule has 3 rings (SSSR count). The van der Waals surface area contributed by atoms with Crippen LogP contribution in [-0.4, -0.2) is 17.6 Å². The number of anilines is 1. The number of carbonyl (C=O) groups excluding carboxylic acids is 3. The molecule has 0 saturated carbocycles. The van der Waals surface area contributed by atoms with Crippen LogP contribution < -0.4 is 11.1 Å². The van der Waals surface area contributed by atoms with Crippen molar-refractivity contribution >= 4 is 33.9 Å². The highest BCUT2D eigenvalue weighted by molar-refractivity contribution is 7.16. The summed E-state index contributed by atoms with van der Waals surface area (Å²) in [7, 11) is 0.